The summed E-state index contributed by atoms with van der Waals surface area (Å²) >= 11 is 11.3. The van der Waals surface area contributed by atoms with Crippen LogP contribution in [0.5, 0.6) is 5.75 Å². The number of carboxylic acid groups (broad SMARTS) is 1. The average molecular weight is 418 g/mol. The Morgan fingerprint density at radius 2 is 1.31 bits per heavy atom. The Labute approximate surface area is 166 Å². The number of carbonyl (C=O) groups is 1. The summed E-state index contributed by atoms with van der Waals surface area (Å²) in [5, 5.41) is 33.3. The summed E-state index contributed by atoms with van der Waals surface area (Å²) in [7, 11) is 0. The minimum absolute atomic E-state index is 0. The fourth-order valence-corrected chi connectivity index (χ4v) is 1.19. The van der Waals surface area contributed by atoms with Gasteiger partial charge in [-0.15, -0.1) is 0 Å². The van der Waals surface area contributed by atoms with E-state index in [9.17, 15) is 4.79 Å². The molecule has 9 heteroatoms. The molecule has 0 saturated heterocycles. The zero-order chi connectivity index (χ0) is 20.6. The van der Waals surface area contributed by atoms with Crippen molar-refractivity contribution in [2.75, 3.05) is 6.61 Å². The highest BCUT2D eigenvalue weighted by molar-refractivity contribution is 6.35. The fourth-order valence-electron chi connectivity index (χ4n) is 0.732. The van der Waals surface area contributed by atoms with Crippen molar-refractivity contribution in [2.24, 2.45) is 0 Å². The van der Waals surface area contributed by atoms with Gasteiger partial charge >= 0.3 is 5.97 Å². The van der Waals surface area contributed by atoms with Gasteiger partial charge in [-0.1, -0.05) is 23.2 Å². The van der Waals surface area contributed by atoms with Gasteiger partial charge in [-0.3, -0.25) is 0 Å². The molecule has 156 valence electrons. The highest BCUT2D eigenvalue weighted by atomic mass is 35.5. The first-order valence-electron chi connectivity index (χ1n) is 7.63. The van der Waals surface area contributed by atoms with Crippen molar-refractivity contribution in [3.63, 3.8) is 0 Å². The number of halogens is 2. The van der Waals surface area contributed by atoms with Gasteiger partial charge in [0.25, 0.3) is 0 Å². The van der Waals surface area contributed by atoms with Crippen LogP contribution in [0.2, 0.25) is 10.0 Å². The molecule has 0 aromatic heterocycles. The molecule has 7 nitrogen and oxygen atoms in total. The molecule has 0 spiro atoms. The Morgan fingerprint density at radius 3 is 1.58 bits per heavy atom. The first-order valence-corrected chi connectivity index (χ1v) is 8.38. The van der Waals surface area contributed by atoms with Crippen LogP contribution in [0.15, 0.2) is 18.2 Å². The number of aliphatic carboxylic acids is 1. The Kier molecular flexibility index (Phi) is 25.3. The van der Waals surface area contributed by atoms with Crippen molar-refractivity contribution >= 4 is 29.2 Å². The lowest BCUT2D eigenvalue weighted by Gasteiger charge is -2.04. The normalized spacial score (nSPS) is 9.00. The summed E-state index contributed by atoms with van der Waals surface area (Å²) in [6.45, 7) is 9.92. The second-order valence-corrected chi connectivity index (χ2v) is 6.38. The van der Waals surface area contributed by atoms with Crippen LogP contribution in [-0.4, -0.2) is 51.3 Å². The summed E-state index contributed by atoms with van der Waals surface area (Å²) in [5.41, 5.74) is 0. The van der Waals surface area contributed by atoms with Gasteiger partial charge in [0.2, 0.25) is 0 Å². The molecule has 0 heterocycles. The predicted molar refractivity (Wildman–Crippen MR) is 107 cm³/mol. The van der Waals surface area contributed by atoms with Crippen molar-refractivity contribution in [1.29, 1.82) is 0 Å². The molecule has 0 amide bonds. The SMILES string of the molecule is CC(C)O.CC(C)O.CC(C)O.N.O=C(O)COc1ccc(Cl)cc1Cl. The molecule has 0 bridgehead atoms. The quantitative estimate of drug-likeness (QED) is 0.503. The molecule has 0 saturated carbocycles. The Hall–Kier alpha value is -1.09. The highest BCUT2D eigenvalue weighted by Gasteiger charge is 2.04. The third kappa shape index (κ3) is 38.5. The summed E-state index contributed by atoms with van der Waals surface area (Å²) in [4.78, 5) is 10.2. The lowest BCUT2D eigenvalue weighted by molar-refractivity contribution is -0.139. The first-order chi connectivity index (χ1) is 11.3. The van der Waals surface area contributed by atoms with Gasteiger partial charge in [-0.25, -0.2) is 4.79 Å². The first kappa shape index (κ1) is 32.6. The number of hydrogen-bond donors (Lipinski definition) is 5. The van der Waals surface area contributed by atoms with E-state index in [0.717, 1.165) is 0 Å². The maximum Gasteiger partial charge on any atom is 0.341 e. The molecule has 0 aliphatic rings. The smallest absolute Gasteiger partial charge is 0.341 e. The zero-order valence-electron chi connectivity index (χ0n) is 16.2. The van der Waals surface area contributed by atoms with E-state index < -0.39 is 12.6 Å². The van der Waals surface area contributed by atoms with Crippen molar-refractivity contribution in [1.82, 2.24) is 6.15 Å². The van der Waals surface area contributed by atoms with Crippen LogP contribution in [0.1, 0.15) is 41.5 Å². The van der Waals surface area contributed by atoms with Gasteiger partial charge in [-0.05, 0) is 59.7 Å². The van der Waals surface area contributed by atoms with Crippen LogP contribution in [-0.2, 0) is 4.79 Å². The minimum atomic E-state index is -1.05. The van der Waals surface area contributed by atoms with Crippen molar-refractivity contribution < 1.29 is 30.0 Å². The van der Waals surface area contributed by atoms with Crippen molar-refractivity contribution in [2.45, 2.75) is 59.9 Å². The van der Waals surface area contributed by atoms with Gasteiger partial charge in [0.15, 0.2) is 6.61 Å². The number of benzene rings is 1. The second-order valence-electron chi connectivity index (χ2n) is 5.54. The highest BCUT2D eigenvalue weighted by Crippen LogP contribution is 2.27. The second kappa shape index (κ2) is 20.2. The average Bonchev–Trinajstić information content (AvgIpc) is 2.35. The van der Waals surface area contributed by atoms with E-state index in [1.54, 1.807) is 47.6 Å². The summed E-state index contributed by atoms with van der Waals surface area (Å²) in [5.74, 6) is -0.737. The molecular weight excluding hydrogens is 385 g/mol. The van der Waals surface area contributed by atoms with Crippen LogP contribution in [0.3, 0.4) is 0 Å². The predicted octanol–water partition coefficient (Wildman–Crippen LogP) is 3.78. The van der Waals surface area contributed by atoms with E-state index in [1.807, 2.05) is 0 Å². The molecule has 0 aliphatic carbocycles. The molecule has 7 N–H and O–H groups in total. The molecule has 1 aromatic rings. The lowest BCUT2D eigenvalue weighted by atomic mass is 10.3. The molecule has 0 aliphatic heterocycles. The molecule has 0 radical (unpaired) electrons. The zero-order valence-corrected chi connectivity index (χ0v) is 17.8. The van der Waals surface area contributed by atoms with Crippen molar-refractivity contribution in [3.8, 4) is 5.75 Å². The Bertz CT molecular complexity index is 434. The third-order valence-corrected chi connectivity index (χ3v) is 1.78. The maximum absolute atomic E-state index is 10.2. The van der Waals surface area contributed by atoms with Gasteiger partial charge in [0.1, 0.15) is 5.75 Å². The van der Waals surface area contributed by atoms with Gasteiger partial charge in [-0.2, -0.15) is 0 Å². The lowest BCUT2D eigenvalue weighted by Crippen LogP contribution is -2.09. The number of rotatable bonds is 3. The van der Waals surface area contributed by atoms with E-state index in [0.29, 0.717) is 15.8 Å². The summed E-state index contributed by atoms with van der Waals surface area (Å²) in [6, 6.07) is 4.58. The van der Waals surface area contributed by atoms with Crippen LogP contribution < -0.4 is 10.9 Å². The van der Waals surface area contributed by atoms with E-state index in [1.165, 1.54) is 12.1 Å². The van der Waals surface area contributed by atoms with Gasteiger partial charge in [0.05, 0.1) is 5.02 Å². The fraction of sp³-hybridized carbons (Fsp3) is 0.588. The monoisotopic (exact) mass is 417 g/mol. The molecule has 0 fully saturated rings. The Morgan fingerprint density at radius 1 is 0.962 bits per heavy atom. The molecular formula is C17H33Cl2NO6. The van der Waals surface area contributed by atoms with E-state index in [2.05, 4.69) is 0 Å². The molecule has 0 unspecified atom stereocenters. The number of ether oxygens (including phenoxy) is 1. The van der Waals surface area contributed by atoms with E-state index >= 15 is 0 Å². The van der Waals surface area contributed by atoms with E-state index in [4.69, 9.17) is 48.4 Å². The molecule has 1 aromatic carbocycles. The van der Waals surface area contributed by atoms with Gasteiger partial charge in [0, 0.05) is 23.3 Å². The molecule has 26 heavy (non-hydrogen) atoms. The minimum Gasteiger partial charge on any atom is -0.480 e. The van der Waals surface area contributed by atoms with Crippen molar-refractivity contribution in [3.05, 3.63) is 28.2 Å². The van der Waals surface area contributed by atoms with Crippen LogP contribution in [0, 0.1) is 0 Å². The summed E-state index contributed by atoms with van der Waals surface area (Å²) in [6.07, 6.45) is -0.500. The third-order valence-electron chi connectivity index (χ3n) is 1.25. The number of aliphatic hydroxyl groups is 3. The Balaban J connectivity index is -0.000000155. The maximum atomic E-state index is 10.2. The number of carboxylic acids is 1. The number of hydrogen-bond acceptors (Lipinski definition) is 6. The van der Waals surface area contributed by atoms with E-state index in [-0.39, 0.29) is 24.5 Å². The molecule has 1 rings (SSSR count). The van der Waals surface area contributed by atoms with Crippen LogP contribution >= 0.6 is 23.2 Å². The summed E-state index contributed by atoms with van der Waals surface area (Å²) < 4.78 is 4.86. The van der Waals surface area contributed by atoms with Gasteiger partial charge < -0.3 is 31.3 Å². The largest absolute Gasteiger partial charge is 0.480 e. The topological polar surface area (TPSA) is 142 Å². The number of aliphatic hydroxyl groups excluding tert-OH is 3. The molecule has 0 atom stereocenters. The van der Waals surface area contributed by atoms with Crippen LogP contribution in [0.25, 0.3) is 0 Å². The standard InChI is InChI=1S/C8H6Cl2O3.3C3H8O.H3N/c9-5-1-2-7(6(10)3-5)13-4-8(11)12;3*1-3(2)4;/h1-3H,4H2,(H,11,12);3*3-4H,1-2H3;1H3. The van der Waals surface area contributed by atoms with Crippen LogP contribution in [0.4, 0.5) is 0 Å².